The molecule has 0 unspecified atom stereocenters. The van der Waals surface area contributed by atoms with E-state index < -0.39 is 0 Å². The third kappa shape index (κ3) is 4.81. The van der Waals surface area contributed by atoms with Crippen molar-refractivity contribution in [1.29, 1.82) is 0 Å². The smallest absolute Gasteiger partial charge is 0.126 e. The van der Waals surface area contributed by atoms with Crippen molar-refractivity contribution in [3.8, 4) is 0 Å². The lowest BCUT2D eigenvalue weighted by Crippen LogP contribution is -2.29. The van der Waals surface area contributed by atoms with Crippen molar-refractivity contribution >= 4 is 17.4 Å². The fourth-order valence-corrected chi connectivity index (χ4v) is 1.68. The van der Waals surface area contributed by atoms with Crippen LogP contribution in [0.25, 0.3) is 0 Å². The molecule has 0 aromatic carbocycles. The molecule has 0 atom stereocenters. The van der Waals surface area contributed by atoms with E-state index in [1.165, 1.54) is 6.42 Å². The third-order valence-electron chi connectivity index (χ3n) is 2.45. The first-order chi connectivity index (χ1) is 7.76. The van der Waals surface area contributed by atoms with Crippen molar-refractivity contribution in [2.45, 2.75) is 20.3 Å². The summed E-state index contributed by atoms with van der Waals surface area (Å²) in [5.41, 5.74) is 0. The lowest BCUT2D eigenvalue weighted by molar-refractivity contribution is 0.300. The van der Waals surface area contributed by atoms with Gasteiger partial charge in [-0.05, 0) is 31.6 Å². The molecule has 1 aromatic heterocycles. The Bertz CT molecular complexity index is 287. The molecule has 0 radical (unpaired) electrons. The second-order valence-electron chi connectivity index (χ2n) is 3.72. The van der Waals surface area contributed by atoms with Gasteiger partial charge in [-0.3, -0.25) is 0 Å². The lowest BCUT2D eigenvalue weighted by atomic mass is 10.4. The molecule has 0 fully saturated rings. The first kappa shape index (κ1) is 13.3. The molecule has 0 amide bonds. The van der Waals surface area contributed by atoms with Gasteiger partial charge in [0.1, 0.15) is 5.82 Å². The van der Waals surface area contributed by atoms with E-state index >= 15 is 0 Å². The highest BCUT2D eigenvalue weighted by molar-refractivity contribution is 6.30. The molecule has 0 bridgehead atoms. The number of halogens is 1. The number of pyridine rings is 1. The average molecular weight is 242 g/mol. The van der Waals surface area contributed by atoms with Gasteiger partial charge in [-0.1, -0.05) is 25.4 Å². The van der Waals surface area contributed by atoms with Gasteiger partial charge in [0.2, 0.25) is 0 Å². The maximum atomic E-state index is 5.76. The van der Waals surface area contributed by atoms with Gasteiger partial charge in [-0.15, -0.1) is 0 Å². The summed E-state index contributed by atoms with van der Waals surface area (Å²) in [7, 11) is 0. The molecule has 0 spiro atoms. The van der Waals surface area contributed by atoms with Gasteiger partial charge in [0.25, 0.3) is 0 Å². The van der Waals surface area contributed by atoms with Gasteiger partial charge in [0, 0.05) is 19.3 Å². The van der Waals surface area contributed by atoms with Gasteiger partial charge in [-0.2, -0.15) is 0 Å². The Hall–Kier alpha value is -0.800. The van der Waals surface area contributed by atoms with Crippen LogP contribution in [-0.4, -0.2) is 36.1 Å². The Morgan fingerprint density at radius 3 is 2.69 bits per heavy atom. The van der Waals surface area contributed by atoms with Crippen molar-refractivity contribution in [3.63, 3.8) is 0 Å². The van der Waals surface area contributed by atoms with E-state index in [9.17, 15) is 0 Å². The van der Waals surface area contributed by atoms with Crippen LogP contribution in [-0.2, 0) is 0 Å². The van der Waals surface area contributed by atoms with Crippen LogP contribution in [0.1, 0.15) is 20.3 Å². The summed E-state index contributed by atoms with van der Waals surface area (Å²) in [5, 5.41) is 3.96. The molecule has 0 aliphatic carbocycles. The van der Waals surface area contributed by atoms with Crippen molar-refractivity contribution < 1.29 is 0 Å². The molecule has 0 saturated heterocycles. The summed E-state index contributed by atoms with van der Waals surface area (Å²) >= 11 is 5.76. The Labute approximate surface area is 103 Å². The number of likely N-dealkylation sites (N-methyl/N-ethyl adjacent to an activating group) is 1. The van der Waals surface area contributed by atoms with E-state index in [1.807, 2.05) is 12.1 Å². The van der Waals surface area contributed by atoms with Crippen LogP contribution in [0.5, 0.6) is 0 Å². The number of rotatable bonds is 7. The van der Waals surface area contributed by atoms with E-state index in [1.54, 1.807) is 6.20 Å². The zero-order chi connectivity index (χ0) is 11.8. The normalized spacial score (nSPS) is 10.8. The zero-order valence-electron chi connectivity index (χ0n) is 10.0. The number of hydrogen-bond donors (Lipinski definition) is 1. The largest absolute Gasteiger partial charge is 0.369 e. The van der Waals surface area contributed by atoms with Gasteiger partial charge in [-0.25, -0.2) is 4.98 Å². The van der Waals surface area contributed by atoms with Crippen LogP contribution >= 0.6 is 11.6 Å². The Kier molecular flexibility index (Phi) is 6.19. The van der Waals surface area contributed by atoms with Crippen LogP contribution in [0.15, 0.2) is 18.3 Å². The average Bonchev–Trinajstić information content (AvgIpc) is 2.30. The standard InChI is InChI=1S/C12H20ClN3/c1-3-8-16(4-2)9-7-14-12-6-5-11(13)10-15-12/h5-6,10H,3-4,7-9H2,1-2H3,(H,14,15). The minimum absolute atomic E-state index is 0.673. The van der Waals surface area contributed by atoms with E-state index in [0.717, 1.165) is 32.0 Å². The zero-order valence-corrected chi connectivity index (χ0v) is 10.8. The fourth-order valence-electron chi connectivity index (χ4n) is 1.57. The van der Waals surface area contributed by atoms with Crippen LogP contribution < -0.4 is 5.32 Å². The van der Waals surface area contributed by atoms with Crippen LogP contribution in [0.4, 0.5) is 5.82 Å². The van der Waals surface area contributed by atoms with Crippen LogP contribution in [0.2, 0.25) is 5.02 Å². The third-order valence-corrected chi connectivity index (χ3v) is 2.67. The molecular weight excluding hydrogens is 222 g/mol. The second kappa shape index (κ2) is 7.47. The van der Waals surface area contributed by atoms with Crippen molar-refractivity contribution in [2.75, 3.05) is 31.5 Å². The number of aromatic nitrogens is 1. The monoisotopic (exact) mass is 241 g/mol. The summed E-state index contributed by atoms with van der Waals surface area (Å²) in [5.74, 6) is 0.886. The first-order valence-corrected chi connectivity index (χ1v) is 6.21. The maximum absolute atomic E-state index is 5.76. The molecule has 0 saturated carbocycles. The highest BCUT2D eigenvalue weighted by Gasteiger charge is 2.00. The molecule has 1 heterocycles. The number of nitrogens with one attached hydrogen (secondary N) is 1. The summed E-state index contributed by atoms with van der Waals surface area (Å²) < 4.78 is 0. The molecule has 0 aliphatic heterocycles. The second-order valence-corrected chi connectivity index (χ2v) is 4.16. The van der Waals surface area contributed by atoms with E-state index in [-0.39, 0.29) is 0 Å². The summed E-state index contributed by atoms with van der Waals surface area (Å²) in [6.45, 7) is 8.62. The number of nitrogens with zero attached hydrogens (tertiary/aromatic N) is 2. The maximum Gasteiger partial charge on any atom is 0.126 e. The Morgan fingerprint density at radius 1 is 1.31 bits per heavy atom. The van der Waals surface area contributed by atoms with Crippen LogP contribution in [0.3, 0.4) is 0 Å². The highest BCUT2D eigenvalue weighted by Crippen LogP contribution is 2.08. The van der Waals surface area contributed by atoms with Crippen molar-refractivity contribution in [3.05, 3.63) is 23.4 Å². The molecule has 1 aromatic rings. The van der Waals surface area contributed by atoms with Gasteiger partial charge >= 0.3 is 0 Å². The minimum atomic E-state index is 0.673. The summed E-state index contributed by atoms with van der Waals surface area (Å²) in [4.78, 5) is 6.60. The van der Waals surface area contributed by atoms with Crippen molar-refractivity contribution in [2.24, 2.45) is 0 Å². The molecule has 16 heavy (non-hydrogen) atoms. The predicted octanol–water partition coefficient (Wildman–Crippen LogP) is 2.88. The predicted molar refractivity (Wildman–Crippen MR) is 70.1 cm³/mol. The molecule has 1 rings (SSSR count). The summed E-state index contributed by atoms with van der Waals surface area (Å²) in [6.07, 6.45) is 2.86. The van der Waals surface area contributed by atoms with Gasteiger partial charge in [0.05, 0.1) is 5.02 Å². The molecule has 4 heteroatoms. The molecule has 90 valence electrons. The molecular formula is C12H20ClN3. The summed E-state index contributed by atoms with van der Waals surface area (Å²) in [6, 6.07) is 3.75. The highest BCUT2D eigenvalue weighted by atomic mass is 35.5. The topological polar surface area (TPSA) is 28.2 Å². The van der Waals surface area contributed by atoms with Crippen LogP contribution in [0, 0.1) is 0 Å². The minimum Gasteiger partial charge on any atom is -0.369 e. The lowest BCUT2D eigenvalue weighted by Gasteiger charge is -2.19. The van der Waals surface area contributed by atoms with Crippen molar-refractivity contribution in [1.82, 2.24) is 9.88 Å². The number of anilines is 1. The number of hydrogen-bond acceptors (Lipinski definition) is 3. The molecule has 1 N–H and O–H groups in total. The molecule has 3 nitrogen and oxygen atoms in total. The first-order valence-electron chi connectivity index (χ1n) is 5.84. The van der Waals surface area contributed by atoms with E-state index in [2.05, 4.69) is 29.0 Å². The quantitative estimate of drug-likeness (QED) is 0.796. The van der Waals surface area contributed by atoms with E-state index in [0.29, 0.717) is 5.02 Å². The van der Waals surface area contributed by atoms with Gasteiger partial charge < -0.3 is 10.2 Å². The van der Waals surface area contributed by atoms with E-state index in [4.69, 9.17) is 11.6 Å². The Balaban J connectivity index is 2.26. The van der Waals surface area contributed by atoms with Gasteiger partial charge in [0.15, 0.2) is 0 Å². The molecule has 0 aliphatic rings. The SMILES string of the molecule is CCCN(CC)CCNc1ccc(Cl)cn1. The Morgan fingerprint density at radius 2 is 2.12 bits per heavy atom. The fraction of sp³-hybridized carbons (Fsp3) is 0.583.